The number of halogens is 3. The van der Waals surface area contributed by atoms with Gasteiger partial charge in [-0.05, 0) is 29.8 Å². The Morgan fingerprint density at radius 1 is 1.00 bits per heavy atom. The molecule has 4 aromatic rings. The predicted octanol–water partition coefficient (Wildman–Crippen LogP) is 4.66. The molecule has 0 unspecified atom stereocenters. The maximum absolute atomic E-state index is 13.8. The van der Waals surface area contributed by atoms with Crippen molar-refractivity contribution in [2.24, 2.45) is 0 Å². The Kier molecular flexibility index (Phi) is 6.39. The summed E-state index contributed by atoms with van der Waals surface area (Å²) >= 11 is 6.58. The number of nitrogens with one attached hydrogen (secondary N) is 5. The topological polar surface area (TPSA) is 134 Å². The molecule has 0 aliphatic carbocycles. The Balaban J connectivity index is 1.60. The zero-order valence-electron chi connectivity index (χ0n) is 18.8. The highest BCUT2D eigenvalue weighted by Gasteiger charge is 2.21. The molecule has 0 radical (unpaired) electrons. The third kappa shape index (κ3) is 4.77. The molecule has 2 aromatic carbocycles. The third-order valence-electron chi connectivity index (χ3n) is 5.59. The molecule has 0 spiro atoms. The fourth-order valence-corrected chi connectivity index (χ4v) is 4.17. The molecule has 0 amide bonds. The van der Waals surface area contributed by atoms with Crippen molar-refractivity contribution in [2.45, 2.75) is 6.04 Å². The molecule has 9 nitrogen and oxygen atoms in total. The summed E-state index contributed by atoms with van der Waals surface area (Å²) < 4.78 is 27.1. The van der Waals surface area contributed by atoms with Gasteiger partial charge in [0.15, 0.2) is 5.82 Å². The van der Waals surface area contributed by atoms with Gasteiger partial charge in [-0.25, -0.2) is 9.37 Å². The van der Waals surface area contributed by atoms with E-state index in [1.807, 2.05) is 6.07 Å². The number of nitrogens with zero attached hydrogens (tertiary/aromatic N) is 4. The van der Waals surface area contributed by atoms with Crippen LogP contribution in [0, 0.1) is 34.4 Å². The minimum Gasteiger partial charge on any atom is -0.373 e. The molecule has 1 aliphatic rings. The van der Waals surface area contributed by atoms with Gasteiger partial charge in [0.25, 0.3) is 0 Å². The summed E-state index contributed by atoms with van der Waals surface area (Å²) in [5.74, 6) is -2.37. The van der Waals surface area contributed by atoms with Gasteiger partial charge in [0.05, 0.1) is 57.0 Å². The largest absolute Gasteiger partial charge is 0.373 e. The number of rotatable bonds is 6. The SMILES string of the molecule is N#Cc1cccc([C@H](Nc2cc(Cl)c3ncc(C#N)c(Nc4cnc(F)c(F)c4)c3c2)C2=CNNN2)c1. The van der Waals surface area contributed by atoms with E-state index in [4.69, 9.17) is 11.6 Å². The summed E-state index contributed by atoms with van der Waals surface area (Å²) in [5.41, 5.74) is 12.3. The minimum atomic E-state index is -1.23. The number of hydrogen-bond donors (Lipinski definition) is 5. The van der Waals surface area contributed by atoms with Gasteiger partial charge in [-0.3, -0.25) is 4.98 Å². The first-order valence-corrected chi connectivity index (χ1v) is 11.2. The summed E-state index contributed by atoms with van der Waals surface area (Å²) in [7, 11) is 0. The van der Waals surface area contributed by atoms with E-state index < -0.39 is 17.8 Å². The van der Waals surface area contributed by atoms with Crippen LogP contribution in [0.2, 0.25) is 5.02 Å². The second kappa shape index (κ2) is 9.95. The lowest BCUT2D eigenvalue weighted by molar-refractivity contribution is 0.480. The highest BCUT2D eigenvalue weighted by Crippen LogP contribution is 2.36. The molecule has 2 aromatic heterocycles. The van der Waals surface area contributed by atoms with Gasteiger partial charge in [0, 0.05) is 29.5 Å². The van der Waals surface area contributed by atoms with Crippen LogP contribution in [-0.4, -0.2) is 9.97 Å². The van der Waals surface area contributed by atoms with Crippen LogP contribution in [-0.2, 0) is 0 Å². The van der Waals surface area contributed by atoms with Crippen LogP contribution >= 0.6 is 11.6 Å². The number of hydrazine groups is 2. The number of fused-ring (bicyclic) bond motifs is 1. The van der Waals surface area contributed by atoms with Crippen LogP contribution in [0.4, 0.5) is 25.8 Å². The Bertz CT molecular complexity index is 1640. The Hall–Kier alpha value is -4.97. The first-order valence-electron chi connectivity index (χ1n) is 10.8. The minimum absolute atomic E-state index is 0.140. The van der Waals surface area contributed by atoms with Crippen molar-refractivity contribution in [3.05, 3.63) is 100 Å². The van der Waals surface area contributed by atoms with Crippen LogP contribution in [0.25, 0.3) is 10.9 Å². The summed E-state index contributed by atoms with van der Waals surface area (Å²) in [6, 6.07) is 15.3. The highest BCUT2D eigenvalue weighted by atomic mass is 35.5. The van der Waals surface area contributed by atoms with Crippen LogP contribution in [0.5, 0.6) is 0 Å². The molecule has 0 bridgehead atoms. The fourth-order valence-electron chi connectivity index (χ4n) is 3.91. The first-order chi connectivity index (χ1) is 18.0. The van der Waals surface area contributed by atoms with Crippen molar-refractivity contribution in [3.8, 4) is 12.1 Å². The molecule has 1 aliphatic heterocycles. The molecular weight excluding hydrogens is 500 g/mol. The molecule has 5 N–H and O–H groups in total. The smallest absolute Gasteiger partial charge is 0.249 e. The van der Waals surface area contributed by atoms with E-state index in [1.54, 1.807) is 36.5 Å². The number of nitriles is 2. The predicted molar refractivity (Wildman–Crippen MR) is 134 cm³/mol. The van der Waals surface area contributed by atoms with Gasteiger partial charge in [-0.1, -0.05) is 23.7 Å². The van der Waals surface area contributed by atoms with Gasteiger partial charge >= 0.3 is 0 Å². The van der Waals surface area contributed by atoms with Crippen molar-refractivity contribution in [2.75, 3.05) is 10.6 Å². The summed E-state index contributed by atoms with van der Waals surface area (Å²) in [6.45, 7) is 0. The quantitative estimate of drug-likeness (QED) is 0.232. The van der Waals surface area contributed by atoms with Crippen molar-refractivity contribution in [1.82, 2.24) is 26.4 Å². The van der Waals surface area contributed by atoms with Crippen molar-refractivity contribution >= 4 is 39.6 Å². The second-order valence-electron chi connectivity index (χ2n) is 7.94. The average Bonchev–Trinajstić information content (AvgIpc) is 3.44. The number of anilines is 3. The average molecular weight is 516 g/mol. The summed E-state index contributed by atoms with van der Waals surface area (Å²) in [5, 5.41) is 26.2. The second-order valence-corrected chi connectivity index (χ2v) is 8.35. The van der Waals surface area contributed by atoms with Crippen LogP contribution < -0.4 is 27.0 Å². The summed E-state index contributed by atoms with van der Waals surface area (Å²) in [4.78, 5) is 7.70. The zero-order chi connectivity index (χ0) is 25.9. The maximum atomic E-state index is 13.8. The fraction of sp³-hybridized carbons (Fsp3) is 0.0400. The van der Waals surface area contributed by atoms with Crippen molar-refractivity contribution in [1.29, 1.82) is 10.5 Å². The monoisotopic (exact) mass is 515 g/mol. The number of pyridine rings is 2. The van der Waals surface area contributed by atoms with E-state index in [0.717, 1.165) is 23.5 Å². The van der Waals surface area contributed by atoms with E-state index in [0.29, 0.717) is 32.9 Å². The highest BCUT2D eigenvalue weighted by molar-refractivity contribution is 6.36. The van der Waals surface area contributed by atoms with Crippen LogP contribution in [0.1, 0.15) is 22.7 Å². The molecule has 5 rings (SSSR count). The molecule has 182 valence electrons. The van der Waals surface area contributed by atoms with Gasteiger partial charge in [-0.2, -0.15) is 20.4 Å². The molecule has 37 heavy (non-hydrogen) atoms. The van der Waals surface area contributed by atoms with Gasteiger partial charge < -0.3 is 21.5 Å². The Morgan fingerprint density at radius 2 is 1.86 bits per heavy atom. The van der Waals surface area contributed by atoms with Crippen LogP contribution in [0.3, 0.4) is 0 Å². The lowest BCUT2D eigenvalue weighted by Crippen LogP contribution is -2.33. The molecule has 0 saturated heterocycles. The van der Waals surface area contributed by atoms with E-state index in [2.05, 4.69) is 49.1 Å². The Labute approximate surface area is 214 Å². The number of hydrogen-bond acceptors (Lipinski definition) is 9. The zero-order valence-corrected chi connectivity index (χ0v) is 19.5. The van der Waals surface area contributed by atoms with Crippen LogP contribution in [0.15, 0.2) is 66.8 Å². The van der Waals surface area contributed by atoms with Gasteiger partial charge in [-0.15, -0.1) is 0 Å². The van der Waals surface area contributed by atoms with Crippen molar-refractivity contribution < 1.29 is 8.78 Å². The van der Waals surface area contributed by atoms with E-state index >= 15 is 0 Å². The molecule has 1 atom stereocenters. The molecule has 0 fully saturated rings. The molecule has 0 saturated carbocycles. The first kappa shape index (κ1) is 23.8. The molecule has 3 heterocycles. The van der Waals surface area contributed by atoms with E-state index in [9.17, 15) is 19.3 Å². The Morgan fingerprint density at radius 3 is 2.59 bits per heavy atom. The van der Waals surface area contributed by atoms with Crippen molar-refractivity contribution in [3.63, 3.8) is 0 Å². The number of aromatic nitrogens is 2. The van der Waals surface area contributed by atoms with E-state index in [-0.39, 0.29) is 11.3 Å². The summed E-state index contributed by atoms with van der Waals surface area (Å²) in [6.07, 6.45) is 4.20. The number of benzene rings is 2. The maximum Gasteiger partial charge on any atom is 0.249 e. The third-order valence-corrected chi connectivity index (χ3v) is 5.88. The normalized spacial score (nSPS) is 13.1. The van der Waals surface area contributed by atoms with E-state index in [1.165, 1.54) is 6.20 Å². The standard InChI is InChI=1S/C25H16ClF2N9/c26-19-6-16(34-23(21-12-33-37-36-21)14-3-1-2-13(4-14)8-29)5-18-22(15(9-30)10-31-24(18)19)35-17-7-20(27)25(28)32-11-17/h1-7,10-12,23,33-34,36-37H,(H,31,35)/t23-/m0/s1. The molecule has 12 heteroatoms. The molecular formula is C25H16ClF2N9. The lowest BCUT2D eigenvalue weighted by atomic mass is 10.0. The van der Waals surface area contributed by atoms with Gasteiger partial charge in [0.1, 0.15) is 6.07 Å². The van der Waals surface area contributed by atoms with Gasteiger partial charge in [0.2, 0.25) is 5.95 Å². The lowest BCUT2D eigenvalue weighted by Gasteiger charge is -2.22.